The molecule has 86 valence electrons. The fourth-order valence-corrected chi connectivity index (χ4v) is 2.79. The number of aliphatic hydroxyl groups excluding tert-OH is 1. The number of allylic oxidation sites excluding steroid dienone is 4. The number of Topliss-reactive ketones (excluding diaryl/α,β-unsaturated/α-hetero) is 2. The Bertz CT molecular complexity index is 576. The number of ketones is 2. The van der Waals surface area contributed by atoms with Gasteiger partial charge in [0.05, 0.1) is 0 Å². The first-order valence-electron chi connectivity index (χ1n) is 5.20. The fourth-order valence-electron chi connectivity index (χ4n) is 2.79. The zero-order valence-electron chi connectivity index (χ0n) is 8.64. The predicted molar refractivity (Wildman–Crippen MR) is 55.1 cm³/mol. The van der Waals surface area contributed by atoms with Crippen molar-refractivity contribution in [1.82, 2.24) is 0 Å². The highest BCUT2D eigenvalue weighted by Crippen LogP contribution is 2.47. The van der Waals surface area contributed by atoms with Crippen molar-refractivity contribution >= 4 is 17.5 Å². The molecule has 17 heavy (non-hydrogen) atoms. The lowest BCUT2D eigenvalue weighted by Gasteiger charge is -2.19. The minimum Gasteiger partial charge on any atom is -0.503 e. The van der Waals surface area contributed by atoms with Crippen LogP contribution in [0.4, 0.5) is 0 Å². The Morgan fingerprint density at radius 2 is 1.65 bits per heavy atom. The van der Waals surface area contributed by atoms with Gasteiger partial charge < -0.3 is 10.2 Å². The van der Waals surface area contributed by atoms with E-state index in [1.165, 1.54) is 0 Å². The van der Waals surface area contributed by atoms with Crippen molar-refractivity contribution in [3.63, 3.8) is 0 Å². The molecule has 0 fully saturated rings. The monoisotopic (exact) mass is 232 g/mol. The Morgan fingerprint density at radius 3 is 2.18 bits per heavy atom. The van der Waals surface area contributed by atoms with E-state index >= 15 is 0 Å². The Labute approximate surface area is 95.7 Å². The third-order valence-corrected chi connectivity index (χ3v) is 3.50. The van der Waals surface area contributed by atoms with Crippen LogP contribution in [0.3, 0.4) is 0 Å². The molecule has 2 bridgehead atoms. The molecule has 2 N–H and O–H groups in total. The maximum Gasteiger partial charge on any atom is 0.343 e. The van der Waals surface area contributed by atoms with Gasteiger partial charge in [0.1, 0.15) is 0 Å². The van der Waals surface area contributed by atoms with Crippen LogP contribution in [0.25, 0.3) is 0 Å². The molecule has 3 aliphatic carbocycles. The van der Waals surface area contributed by atoms with Gasteiger partial charge in [0.25, 0.3) is 0 Å². The van der Waals surface area contributed by atoms with Crippen LogP contribution in [0.2, 0.25) is 0 Å². The van der Waals surface area contributed by atoms with Gasteiger partial charge in [-0.05, 0) is 6.42 Å². The topological polar surface area (TPSA) is 91.7 Å². The average molecular weight is 232 g/mol. The summed E-state index contributed by atoms with van der Waals surface area (Å²) < 4.78 is 0. The van der Waals surface area contributed by atoms with Gasteiger partial charge in [0.2, 0.25) is 11.6 Å². The molecule has 2 atom stereocenters. The zero-order chi connectivity index (χ0) is 12.3. The number of rotatable bonds is 1. The standard InChI is InChI=1S/C12H8O5/c13-9-6-4-1-2-5(3-4)7(6)10(14)11(15)8(9)12(16)17/h1-2,4-5,15H,3H2,(H,16,17). The average Bonchev–Trinajstić information content (AvgIpc) is 2.85. The van der Waals surface area contributed by atoms with Crippen molar-refractivity contribution < 1.29 is 24.6 Å². The summed E-state index contributed by atoms with van der Waals surface area (Å²) in [5.41, 5.74) is -0.252. The molecule has 2 unspecified atom stereocenters. The molecule has 0 aromatic carbocycles. The van der Waals surface area contributed by atoms with E-state index in [1.54, 1.807) is 0 Å². The van der Waals surface area contributed by atoms with Gasteiger partial charge in [-0.25, -0.2) is 4.79 Å². The highest BCUT2D eigenvalue weighted by molar-refractivity contribution is 6.34. The summed E-state index contributed by atoms with van der Waals surface area (Å²) in [6.07, 6.45) is 4.27. The minimum atomic E-state index is -1.56. The maximum atomic E-state index is 12.0. The summed E-state index contributed by atoms with van der Waals surface area (Å²) in [6.45, 7) is 0. The number of aliphatic hydroxyl groups is 1. The summed E-state index contributed by atoms with van der Waals surface area (Å²) in [5.74, 6) is -4.24. The minimum absolute atomic E-state index is 0.149. The number of carboxylic acid groups (broad SMARTS) is 1. The van der Waals surface area contributed by atoms with Crippen LogP contribution in [0.5, 0.6) is 0 Å². The lowest BCUT2D eigenvalue weighted by molar-refractivity contribution is -0.135. The fraction of sp³-hybridized carbons (Fsp3) is 0.250. The first-order chi connectivity index (χ1) is 8.02. The molecule has 0 radical (unpaired) electrons. The first kappa shape index (κ1) is 10.0. The Hall–Kier alpha value is -2.17. The third kappa shape index (κ3) is 1.06. The molecule has 5 heteroatoms. The second kappa shape index (κ2) is 2.94. The summed E-state index contributed by atoms with van der Waals surface area (Å²) >= 11 is 0. The van der Waals surface area contributed by atoms with Gasteiger partial charge in [0.15, 0.2) is 11.3 Å². The lowest BCUT2D eigenvalue weighted by atomic mass is 9.82. The highest BCUT2D eigenvalue weighted by Gasteiger charge is 2.48. The van der Waals surface area contributed by atoms with E-state index in [4.69, 9.17) is 5.11 Å². The number of carbonyl (C=O) groups excluding carboxylic acids is 2. The van der Waals surface area contributed by atoms with Crippen LogP contribution in [0.15, 0.2) is 34.6 Å². The van der Waals surface area contributed by atoms with E-state index in [1.807, 2.05) is 12.2 Å². The lowest BCUT2D eigenvalue weighted by Crippen LogP contribution is -2.29. The molecule has 5 nitrogen and oxygen atoms in total. The molecule has 0 heterocycles. The molecule has 3 rings (SSSR count). The molecule has 0 saturated heterocycles. The van der Waals surface area contributed by atoms with E-state index in [9.17, 15) is 19.5 Å². The van der Waals surface area contributed by atoms with Crippen LogP contribution in [0, 0.1) is 11.8 Å². The third-order valence-electron chi connectivity index (χ3n) is 3.50. The summed E-state index contributed by atoms with van der Waals surface area (Å²) in [7, 11) is 0. The van der Waals surface area contributed by atoms with Crippen molar-refractivity contribution in [1.29, 1.82) is 0 Å². The molecule has 0 aromatic rings. The molecular formula is C12H8O5. The van der Waals surface area contributed by atoms with Gasteiger partial charge >= 0.3 is 5.97 Å². The smallest absolute Gasteiger partial charge is 0.343 e. The van der Waals surface area contributed by atoms with Crippen molar-refractivity contribution in [2.75, 3.05) is 0 Å². The van der Waals surface area contributed by atoms with E-state index in [-0.39, 0.29) is 23.0 Å². The molecule has 0 spiro atoms. The van der Waals surface area contributed by atoms with Crippen LogP contribution in [-0.4, -0.2) is 27.7 Å². The van der Waals surface area contributed by atoms with Crippen LogP contribution >= 0.6 is 0 Å². The Kier molecular flexibility index (Phi) is 1.73. The zero-order valence-corrected chi connectivity index (χ0v) is 8.64. The second-order valence-corrected chi connectivity index (χ2v) is 4.35. The SMILES string of the molecule is O=C(O)C1=C(O)C(=O)C2=C(C1=O)C1C=CC2C1. The van der Waals surface area contributed by atoms with Crippen molar-refractivity contribution in [3.8, 4) is 0 Å². The number of aliphatic carboxylic acids is 1. The van der Waals surface area contributed by atoms with Crippen LogP contribution in [0.1, 0.15) is 6.42 Å². The largest absolute Gasteiger partial charge is 0.503 e. The van der Waals surface area contributed by atoms with Crippen molar-refractivity contribution in [3.05, 3.63) is 34.6 Å². The quantitative estimate of drug-likeness (QED) is 0.391. The van der Waals surface area contributed by atoms with E-state index in [0.29, 0.717) is 6.42 Å². The number of hydrogen-bond donors (Lipinski definition) is 2. The maximum absolute atomic E-state index is 12.0. The predicted octanol–water partition coefficient (Wildman–Crippen LogP) is 0.537. The first-order valence-corrected chi connectivity index (χ1v) is 5.20. The van der Waals surface area contributed by atoms with Gasteiger partial charge in [-0.1, -0.05) is 12.2 Å². The van der Waals surface area contributed by atoms with Crippen LogP contribution < -0.4 is 0 Å². The van der Waals surface area contributed by atoms with Crippen molar-refractivity contribution in [2.45, 2.75) is 6.42 Å². The molecular weight excluding hydrogens is 224 g/mol. The Balaban J connectivity index is 2.18. The summed E-state index contributed by atoms with van der Waals surface area (Å²) in [5, 5.41) is 18.4. The normalized spacial score (nSPS) is 30.4. The summed E-state index contributed by atoms with van der Waals surface area (Å²) in [4.78, 5) is 34.7. The summed E-state index contributed by atoms with van der Waals surface area (Å²) in [6, 6.07) is 0. The second-order valence-electron chi connectivity index (χ2n) is 4.35. The Morgan fingerprint density at radius 1 is 1.12 bits per heavy atom. The molecule has 3 aliphatic rings. The van der Waals surface area contributed by atoms with Gasteiger partial charge in [-0.15, -0.1) is 0 Å². The van der Waals surface area contributed by atoms with E-state index < -0.39 is 28.9 Å². The van der Waals surface area contributed by atoms with Gasteiger partial charge in [-0.3, -0.25) is 9.59 Å². The van der Waals surface area contributed by atoms with Crippen molar-refractivity contribution in [2.24, 2.45) is 11.8 Å². The molecule has 0 amide bonds. The van der Waals surface area contributed by atoms with Gasteiger partial charge in [-0.2, -0.15) is 0 Å². The molecule has 0 aromatic heterocycles. The molecule has 0 aliphatic heterocycles. The molecule has 0 saturated carbocycles. The number of carbonyl (C=O) groups is 3. The van der Waals surface area contributed by atoms with E-state index in [2.05, 4.69) is 0 Å². The number of hydrogen-bond acceptors (Lipinski definition) is 4. The number of carboxylic acids is 1. The number of fused-ring (bicyclic) bond motifs is 4. The van der Waals surface area contributed by atoms with E-state index in [0.717, 1.165) is 0 Å². The van der Waals surface area contributed by atoms with Crippen LogP contribution in [-0.2, 0) is 14.4 Å². The van der Waals surface area contributed by atoms with Gasteiger partial charge in [0, 0.05) is 23.0 Å². The highest BCUT2D eigenvalue weighted by atomic mass is 16.4.